The Kier molecular flexibility index (Phi) is 3.73. The van der Waals surface area contributed by atoms with E-state index in [-0.39, 0.29) is 11.8 Å². The molecule has 0 atom stereocenters. The van der Waals surface area contributed by atoms with Crippen molar-refractivity contribution < 1.29 is 14.3 Å². The third kappa shape index (κ3) is 3.12. The van der Waals surface area contributed by atoms with E-state index in [0.717, 1.165) is 31.2 Å². The molecule has 0 amide bonds. The lowest BCUT2D eigenvalue weighted by molar-refractivity contribution is -0.139. The van der Waals surface area contributed by atoms with Gasteiger partial charge in [-0.2, -0.15) is 0 Å². The number of carbonyl (C=O) groups is 1. The standard InChI is InChI=1S/C16H18N2O3/c19-14(20)11-16(8-4-5-9-16)10-13-17-18-15(21-13)12-6-2-1-3-7-12/h1-3,6-7H,4-5,8-11H2,(H,19,20). The van der Waals surface area contributed by atoms with E-state index in [9.17, 15) is 4.79 Å². The summed E-state index contributed by atoms with van der Waals surface area (Å²) in [6.07, 6.45) is 4.72. The van der Waals surface area contributed by atoms with Gasteiger partial charge in [0.05, 0.1) is 6.42 Å². The van der Waals surface area contributed by atoms with Crippen LogP contribution in [-0.2, 0) is 11.2 Å². The summed E-state index contributed by atoms with van der Waals surface area (Å²) in [5.41, 5.74) is 0.668. The number of nitrogens with zero attached hydrogens (tertiary/aromatic N) is 2. The van der Waals surface area contributed by atoms with Crippen LogP contribution < -0.4 is 0 Å². The summed E-state index contributed by atoms with van der Waals surface area (Å²) in [6.45, 7) is 0. The fourth-order valence-corrected chi connectivity index (χ4v) is 3.21. The van der Waals surface area contributed by atoms with Crippen LogP contribution in [0.2, 0.25) is 0 Å². The molecule has 0 saturated heterocycles. The third-order valence-electron chi connectivity index (χ3n) is 4.20. The van der Waals surface area contributed by atoms with Gasteiger partial charge in [0.1, 0.15) is 0 Å². The highest BCUT2D eigenvalue weighted by Gasteiger charge is 2.37. The second kappa shape index (κ2) is 5.68. The minimum Gasteiger partial charge on any atom is -0.481 e. The fraction of sp³-hybridized carbons (Fsp3) is 0.438. The van der Waals surface area contributed by atoms with Crippen molar-refractivity contribution in [1.29, 1.82) is 0 Å². The Morgan fingerprint density at radius 2 is 1.90 bits per heavy atom. The molecule has 1 aromatic heterocycles. The number of hydrogen-bond donors (Lipinski definition) is 1. The zero-order chi connectivity index (χ0) is 14.7. The molecule has 1 aliphatic carbocycles. The summed E-state index contributed by atoms with van der Waals surface area (Å²) in [6, 6.07) is 9.60. The monoisotopic (exact) mass is 286 g/mol. The van der Waals surface area contributed by atoms with E-state index < -0.39 is 5.97 Å². The summed E-state index contributed by atoms with van der Waals surface area (Å²) in [4.78, 5) is 11.1. The zero-order valence-electron chi connectivity index (χ0n) is 11.8. The van der Waals surface area contributed by atoms with E-state index in [1.807, 2.05) is 30.3 Å². The van der Waals surface area contributed by atoms with Crippen LogP contribution >= 0.6 is 0 Å². The number of aliphatic carboxylic acids is 1. The molecule has 1 heterocycles. The van der Waals surface area contributed by atoms with Gasteiger partial charge in [0.25, 0.3) is 0 Å². The van der Waals surface area contributed by atoms with Crippen molar-refractivity contribution in [3.8, 4) is 11.5 Å². The van der Waals surface area contributed by atoms with Gasteiger partial charge in [-0.15, -0.1) is 10.2 Å². The highest BCUT2D eigenvalue weighted by atomic mass is 16.4. The van der Waals surface area contributed by atoms with E-state index in [0.29, 0.717) is 18.2 Å². The summed E-state index contributed by atoms with van der Waals surface area (Å²) in [5, 5.41) is 17.3. The van der Waals surface area contributed by atoms with E-state index in [1.165, 1.54) is 0 Å². The van der Waals surface area contributed by atoms with E-state index in [2.05, 4.69) is 10.2 Å². The molecule has 1 fully saturated rings. The van der Waals surface area contributed by atoms with Gasteiger partial charge in [-0.05, 0) is 30.4 Å². The number of hydrogen-bond acceptors (Lipinski definition) is 4. The Morgan fingerprint density at radius 1 is 1.19 bits per heavy atom. The predicted octanol–water partition coefficient (Wildman–Crippen LogP) is 3.31. The second-order valence-electron chi connectivity index (χ2n) is 5.82. The molecule has 21 heavy (non-hydrogen) atoms. The maximum absolute atomic E-state index is 11.1. The smallest absolute Gasteiger partial charge is 0.303 e. The molecule has 0 radical (unpaired) electrons. The minimum absolute atomic E-state index is 0.177. The van der Waals surface area contributed by atoms with Crippen LogP contribution in [0.3, 0.4) is 0 Å². The number of benzene rings is 1. The van der Waals surface area contributed by atoms with Crippen molar-refractivity contribution in [3.05, 3.63) is 36.2 Å². The molecule has 1 aromatic carbocycles. The highest BCUT2D eigenvalue weighted by molar-refractivity contribution is 5.67. The molecule has 3 rings (SSSR count). The van der Waals surface area contributed by atoms with Crippen molar-refractivity contribution >= 4 is 5.97 Å². The molecule has 0 aliphatic heterocycles. The van der Waals surface area contributed by atoms with Crippen molar-refractivity contribution in [2.75, 3.05) is 0 Å². The first-order chi connectivity index (χ1) is 10.2. The summed E-state index contributed by atoms with van der Waals surface area (Å²) >= 11 is 0. The fourth-order valence-electron chi connectivity index (χ4n) is 3.21. The van der Waals surface area contributed by atoms with Gasteiger partial charge < -0.3 is 9.52 Å². The average Bonchev–Trinajstić information content (AvgIpc) is 3.09. The average molecular weight is 286 g/mol. The Hall–Kier alpha value is -2.17. The number of carboxylic acids is 1. The molecule has 0 spiro atoms. The van der Waals surface area contributed by atoms with E-state index >= 15 is 0 Å². The van der Waals surface area contributed by atoms with Crippen LogP contribution in [0.1, 0.15) is 38.0 Å². The molecule has 0 unspecified atom stereocenters. The Balaban J connectivity index is 1.78. The van der Waals surface area contributed by atoms with Gasteiger partial charge in [0, 0.05) is 12.0 Å². The Bertz CT molecular complexity index is 615. The number of carboxylic acid groups (broad SMARTS) is 1. The maximum Gasteiger partial charge on any atom is 0.303 e. The van der Waals surface area contributed by atoms with Crippen molar-refractivity contribution in [2.24, 2.45) is 5.41 Å². The topological polar surface area (TPSA) is 76.2 Å². The molecule has 110 valence electrons. The summed E-state index contributed by atoms with van der Waals surface area (Å²) < 4.78 is 5.72. The van der Waals surface area contributed by atoms with Crippen molar-refractivity contribution in [2.45, 2.75) is 38.5 Å². The predicted molar refractivity (Wildman–Crippen MR) is 76.6 cm³/mol. The number of rotatable bonds is 5. The summed E-state index contributed by atoms with van der Waals surface area (Å²) in [5.74, 6) is 0.283. The van der Waals surface area contributed by atoms with Crippen LogP contribution in [0.5, 0.6) is 0 Å². The van der Waals surface area contributed by atoms with Crippen molar-refractivity contribution in [1.82, 2.24) is 10.2 Å². The summed E-state index contributed by atoms with van der Waals surface area (Å²) in [7, 11) is 0. The number of aromatic nitrogens is 2. The van der Waals surface area contributed by atoms with Gasteiger partial charge in [0.15, 0.2) is 0 Å². The van der Waals surface area contributed by atoms with Crippen LogP contribution in [-0.4, -0.2) is 21.3 Å². The molecular weight excluding hydrogens is 268 g/mol. The van der Waals surface area contributed by atoms with Gasteiger partial charge in [-0.3, -0.25) is 4.79 Å². The molecule has 1 N–H and O–H groups in total. The Labute approximate surface area is 123 Å². The molecule has 5 nitrogen and oxygen atoms in total. The second-order valence-corrected chi connectivity index (χ2v) is 5.82. The lowest BCUT2D eigenvalue weighted by Gasteiger charge is -2.24. The van der Waals surface area contributed by atoms with Crippen LogP contribution in [0, 0.1) is 5.41 Å². The first kappa shape index (κ1) is 13.8. The molecule has 0 bridgehead atoms. The van der Waals surface area contributed by atoms with E-state index in [1.54, 1.807) is 0 Å². The minimum atomic E-state index is -0.750. The van der Waals surface area contributed by atoms with Gasteiger partial charge in [-0.1, -0.05) is 31.0 Å². The first-order valence-electron chi connectivity index (χ1n) is 7.27. The van der Waals surface area contributed by atoms with Gasteiger partial charge in [-0.25, -0.2) is 0 Å². The molecular formula is C16H18N2O3. The molecule has 1 saturated carbocycles. The van der Waals surface area contributed by atoms with Crippen LogP contribution in [0.15, 0.2) is 34.7 Å². The highest BCUT2D eigenvalue weighted by Crippen LogP contribution is 2.43. The third-order valence-corrected chi connectivity index (χ3v) is 4.20. The SMILES string of the molecule is O=C(O)CC1(Cc2nnc(-c3ccccc3)o2)CCCC1. The normalized spacial score (nSPS) is 17.0. The zero-order valence-corrected chi connectivity index (χ0v) is 11.8. The van der Waals surface area contributed by atoms with Gasteiger partial charge >= 0.3 is 5.97 Å². The lowest BCUT2D eigenvalue weighted by atomic mass is 9.79. The van der Waals surface area contributed by atoms with Gasteiger partial charge in [0.2, 0.25) is 11.8 Å². The molecule has 5 heteroatoms. The van der Waals surface area contributed by atoms with Crippen LogP contribution in [0.25, 0.3) is 11.5 Å². The largest absolute Gasteiger partial charge is 0.481 e. The van der Waals surface area contributed by atoms with E-state index in [4.69, 9.17) is 9.52 Å². The quantitative estimate of drug-likeness (QED) is 0.912. The maximum atomic E-state index is 11.1. The lowest BCUT2D eigenvalue weighted by Crippen LogP contribution is -2.23. The Morgan fingerprint density at radius 3 is 2.57 bits per heavy atom. The first-order valence-corrected chi connectivity index (χ1v) is 7.27. The van der Waals surface area contributed by atoms with Crippen molar-refractivity contribution in [3.63, 3.8) is 0 Å². The van der Waals surface area contributed by atoms with Crippen LogP contribution in [0.4, 0.5) is 0 Å². The molecule has 1 aliphatic rings. The molecule has 2 aromatic rings.